The van der Waals surface area contributed by atoms with Gasteiger partial charge in [0.1, 0.15) is 5.76 Å². The van der Waals surface area contributed by atoms with E-state index < -0.39 is 5.97 Å². The summed E-state index contributed by atoms with van der Waals surface area (Å²) in [5, 5.41) is 8.47. The largest absolute Gasteiger partial charge is 0.463 e. The number of hydrogen-bond donors (Lipinski definition) is 1. The molecule has 0 saturated carbocycles. The number of furan rings is 1. The van der Waals surface area contributed by atoms with Crippen molar-refractivity contribution in [3.8, 4) is 0 Å². The molecule has 0 spiro atoms. The Balaban J connectivity index is 2.74. The molecule has 1 rings (SSSR count). The zero-order chi connectivity index (χ0) is 9.68. The van der Waals surface area contributed by atoms with Crippen molar-refractivity contribution in [2.24, 2.45) is 0 Å². The predicted molar refractivity (Wildman–Crippen MR) is 46.2 cm³/mol. The topological polar surface area (TPSA) is 59.7 Å². The van der Waals surface area contributed by atoms with Crippen molar-refractivity contribution in [1.29, 1.82) is 0 Å². The van der Waals surface area contributed by atoms with Crippen LogP contribution in [0.3, 0.4) is 0 Å². The zero-order valence-corrected chi connectivity index (χ0v) is 7.19. The fourth-order valence-corrected chi connectivity index (χ4v) is 0.822. The minimum atomic E-state index is -0.511. The van der Waals surface area contributed by atoms with Crippen molar-refractivity contribution >= 4 is 12.0 Å². The highest BCUT2D eigenvalue weighted by Gasteiger charge is 2.08. The van der Waals surface area contributed by atoms with Crippen molar-refractivity contribution in [2.75, 3.05) is 13.7 Å². The Morgan fingerprint density at radius 1 is 1.69 bits per heavy atom. The molecule has 0 aliphatic heterocycles. The molecule has 1 aromatic heterocycles. The van der Waals surface area contributed by atoms with Gasteiger partial charge in [0.05, 0.1) is 13.7 Å². The standard InChI is InChI=1S/C9H10O4/c1-12-9(11)8-5-4-7(13-8)3-2-6-10/h2-5,10H,6H2,1H3/b3-2+. The number of aliphatic hydroxyl groups excluding tert-OH is 1. The summed E-state index contributed by atoms with van der Waals surface area (Å²) in [4.78, 5) is 10.9. The van der Waals surface area contributed by atoms with E-state index >= 15 is 0 Å². The van der Waals surface area contributed by atoms with Gasteiger partial charge in [0.25, 0.3) is 0 Å². The molecule has 0 aromatic carbocycles. The molecule has 70 valence electrons. The molecular formula is C9H10O4. The summed E-state index contributed by atoms with van der Waals surface area (Å²) in [6, 6.07) is 3.14. The van der Waals surface area contributed by atoms with Crippen LogP contribution in [0.15, 0.2) is 22.6 Å². The van der Waals surface area contributed by atoms with E-state index in [0.717, 1.165) is 0 Å². The number of carbonyl (C=O) groups excluding carboxylic acids is 1. The van der Waals surface area contributed by atoms with Gasteiger partial charge in [-0.2, -0.15) is 0 Å². The van der Waals surface area contributed by atoms with E-state index in [1.807, 2.05) is 0 Å². The maximum absolute atomic E-state index is 10.9. The summed E-state index contributed by atoms with van der Waals surface area (Å²) in [5.41, 5.74) is 0. The van der Waals surface area contributed by atoms with Gasteiger partial charge >= 0.3 is 5.97 Å². The highest BCUT2D eigenvalue weighted by molar-refractivity contribution is 5.86. The fraction of sp³-hybridized carbons (Fsp3) is 0.222. The van der Waals surface area contributed by atoms with E-state index in [9.17, 15) is 4.79 Å². The predicted octanol–water partition coefficient (Wildman–Crippen LogP) is 1.07. The number of methoxy groups -OCH3 is 1. The van der Waals surface area contributed by atoms with Crippen LogP contribution in [0.25, 0.3) is 6.08 Å². The third-order valence-corrected chi connectivity index (χ3v) is 1.40. The average molecular weight is 182 g/mol. The van der Waals surface area contributed by atoms with Crippen LogP contribution in [0.4, 0.5) is 0 Å². The molecule has 0 fully saturated rings. The molecule has 0 aliphatic rings. The van der Waals surface area contributed by atoms with Crippen LogP contribution in [-0.2, 0) is 4.74 Å². The van der Waals surface area contributed by atoms with Crippen molar-refractivity contribution in [3.63, 3.8) is 0 Å². The molecule has 0 aliphatic carbocycles. The Morgan fingerprint density at radius 2 is 2.46 bits per heavy atom. The van der Waals surface area contributed by atoms with Gasteiger partial charge in [0.15, 0.2) is 0 Å². The molecule has 4 nitrogen and oxygen atoms in total. The summed E-state index contributed by atoms with van der Waals surface area (Å²) >= 11 is 0. The number of carbonyl (C=O) groups is 1. The Kier molecular flexibility index (Phi) is 3.28. The van der Waals surface area contributed by atoms with Gasteiger partial charge in [-0.1, -0.05) is 6.08 Å². The van der Waals surface area contributed by atoms with E-state index in [1.54, 1.807) is 12.1 Å². The molecule has 1 heterocycles. The molecule has 1 N–H and O–H groups in total. The molecule has 0 unspecified atom stereocenters. The zero-order valence-electron chi connectivity index (χ0n) is 7.19. The van der Waals surface area contributed by atoms with Crippen LogP contribution >= 0.6 is 0 Å². The maximum Gasteiger partial charge on any atom is 0.373 e. The third-order valence-electron chi connectivity index (χ3n) is 1.40. The molecule has 0 atom stereocenters. The van der Waals surface area contributed by atoms with Gasteiger partial charge in [0, 0.05) is 0 Å². The lowest BCUT2D eigenvalue weighted by molar-refractivity contribution is 0.0564. The van der Waals surface area contributed by atoms with Crippen molar-refractivity contribution in [3.05, 3.63) is 29.7 Å². The summed E-state index contributed by atoms with van der Waals surface area (Å²) in [7, 11) is 1.29. The van der Waals surface area contributed by atoms with E-state index in [4.69, 9.17) is 9.52 Å². The van der Waals surface area contributed by atoms with Gasteiger partial charge in [0.2, 0.25) is 5.76 Å². The first kappa shape index (κ1) is 9.54. The van der Waals surface area contributed by atoms with Crippen LogP contribution in [-0.4, -0.2) is 24.8 Å². The normalized spacial score (nSPS) is 10.6. The summed E-state index contributed by atoms with van der Waals surface area (Å²) in [6.07, 6.45) is 3.09. The lowest BCUT2D eigenvalue weighted by atomic mass is 10.4. The van der Waals surface area contributed by atoms with Gasteiger partial charge < -0.3 is 14.3 Å². The molecule has 1 aromatic rings. The molecule has 0 saturated heterocycles. The number of rotatable bonds is 3. The monoisotopic (exact) mass is 182 g/mol. The van der Waals surface area contributed by atoms with Crippen LogP contribution in [0, 0.1) is 0 Å². The Bertz CT molecular complexity index is 311. The van der Waals surface area contributed by atoms with Crippen molar-refractivity contribution in [2.45, 2.75) is 0 Å². The summed E-state index contributed by atoms with van der Waals surface area (Å²) in [6.45, 7) is -0.0613. The Morgan fingerprint density at radius 3 is 3.08 bits per heavy atom. The van der Waals surface area contributed by atoms with E-state index in [2.05, 4.69) is 4.74 Å². The van der Waals surface area contributed by atoms with E-state index in [0.29, 0.717) is 5.76 Å². The molecule has 0 radical (unpaired) electrons. The SMILES string of the molecule is COC(=O)c1ccc(/C=C/CO)o1. The Hall–Kier alpha value is -1.55. The maximum atomic E-state index is 10.9. The molecular weight excluding hydrogens is 172 g/mol. The first-order chi connectivity index (χ1) is 6.27. The summed E-state index contributed by atoms with van der Waals surface area (Å²) in [5.74, 6) is 0.151. The van der Waals surface area contributed by atoms with E-state index in [1.165, 1.54) is 19.3 Å². The highest BCUT2D eigenvalue weighted by atomic mass is 16.5. The van der Waals surface area contributed by atoms with Crippen LogP contribution < -0.4 is 0 Å². The van der Waals surface area contributed by atoms with Crippen molar-refractivity contribution < 1.29 is 19.1 Å². The number of hydrogen-bond acceptors (Lipinski definition) is 4. The van der Waals surface area contributed by atoms with Crippen LogP contribution in [0.2, 0.25) is 0 Å². The molecule has 13 heavy (non-hydrogen) atoms. The summed E-state index contributed by atoms with van der Waals surface area (Å²) < 4.78 is 9.51. The average Bonchev–Trinajstić information content (AvgIpc) is 2.62. The van der Waals surface area contributed by atoms with Gasteiger partial charge in [-0.3, -0.25) is 0 Å². The van der Waals surface area contributed by atoms with Crippen LogP contribution in [0.1, 0.15) is 16.3 Å². The quantitative estimate of drug-likeness (QED) is 0.710. The third kappa shape index (κ3) is 2.45. The fourth-order valence-electron chi connectivity index (χ4n) is 0.822. The van der Waals surface area contributed by atoms with Gasteiger partial charge in [-0.15, -0.1) is 0 Å². The van der Waals surface area contributed by atoms with E-state index in [-0.39, 0.29) is 12.4 Å². The second kappa shape index (κ2) is 4.47. The minimum absolute atomic E-state index is 0.0613. The smallest absolute Gasteiger partial charge is 0.373 e. The van der Waals surface area contributed by atoms with Crippen molar-refractivity contribution in [1.82, 2.24) is 0 Å². The molecule has 0 bridgehead atoms. The lowest BCUT2D eigenvalue weighted by Gasteiger charge is -1.91. The number of ether oxygens (including phenoxy) is 1. The number of aliphatic hydroxyl groups is 1. The second-order valence-corrected chi connectivity index (χ2v) is 2.28. The molecule has 4 heteroatoms. The molecule has 0 amide bonds. The number of esters is 1. The van der Waals surface area contributed by atoms with Crippen LogP contribution in [0.5, 0.6) is 0 Å². The highest BCUT2D eigenvalue weighted by Crippen LogP contribution is 2.10. The second-order valence-electron chi connectivity index (χ2n) is 2.28. The first-order valence-electron chi connectivity index (χ1n) is 3.73. The Labute approximate surface area is 75.4 Å². The lowest BCUT2D eigenvalue weighted by Crippen LogP contribution is -1.98. The first-order valence-corrected chi connectivity index (χ1v) is 3.73. The minimum Gasteiger partial charge on any atom is -0.463 e. The van der Waals surface area contributed by atoms with Gasteiger partial charge in [-0.25, -0.2) is 4.79 Å². The van der Waals surface area contributed by atoms with Gasteiger partial charge in [-0.05, 0) is 18.2 Å².